The van der Waals surface area contributed by atoms with Crippen molar-refractivity contribution in [3.8, 4) is 5.75 Å². The van der Waals surface area contributed by atoms with Crippen LogP contribution < -0.4 is 13.9 Å². The van der Waals surface area contributed by atoms with Crippen molar-refractivity contribution in [1.29, 1.82) is 0 Å². The molecule has 7 nitrogen and oxygen atoms in total. The van der Waals surface area contributed by atoms with Gasteiger partial charge in [0.1, 0.15) is 5.75 Å². The lowest BCUT2D eigenvalue weighted by Gasteiger charge is -2.36. The van der Waals surface area contributed by atoms with Crippen LogP contribution in [0, 0.1) is 0 Å². The summed E-state index contributed by atoms with van der Waals surface area (Å²) in [5, 5.41) is 0. The maximum Gasteiger partial charge on any atom is 0.416 e. The molecule has 2 heterocycles. The molecule has 0 aromatic heterocycles. The quantitative estimate of drug-likeness (QED) is 0.475. The summed E-state index contributed by atoms with van der Waals surface area (Å²) in [6, 6.07) is 16.7. The molecule has 0 N–H and O–H groups in total. The summed E-state index contributed by atoms with van der Waals surface area (Å²) in [6.07, 6.45) is -3.83. The Bertz CT molecular complexity index is 1470. The third-order valence-corrected chi connectivity index (χ3v) is 8.75. The van der Waals surface area contributed by atoms with Gasteiger partial charge >= 0.3 is 6.18 Å². The van der Waals surface area contributed by atoms with E-state index in [0.29, 0.717) is 37.4 Å². The standard InChI is InChI=1S/C27H26F3N3O4S/c1-37-25-10-9-22(38(35,36)33-12-11-19-5-2-3-8-24(19)33)18-23(25)26(34)32-15-13-31(14-16-32)21-7-4-6-20(17-21)27(28,29)30/h2-10,17-18H,11-16H2,1H3. The van der Waals surface area contributed by atoms with Crippen LogP contribution in [0.5, 0.6) is 5.75 Å². The molecule has 1 saturated heterocycles. The number of carbonyl (C=O) groups is 1. The van der Waals surface area contributed by atoms with E-state index in [9.17, 15) is 26.4 Å². The van der Waals surface area contributed by atoms with Gasteiger partial charge in [0.2, 0.25) is 0 Å². The van der Waals surface area contributed by atoms with Gasteiger partial charge < -0.3 is 14.5 Å². The molecule has 38 heavy (non-hydrogen) atoms. The van der Waals surface area contributed by atoms with Gasteiger partial charge in [-0.2, -0.15) is 13.2 Å². The van der Waals surface area contributed by atoms with Gasteiger partial charge in [0, 0.05) is 38.4 Å². The van der Waals surface area contributed by atoms with Gasteiger partial charge in [-0.25, -0.2) is 8.42 Å². The third-order valence-electron chi connectivity index (χ3n) is 6.94. The van der Waals surface area contributed by atoms with Crippen molar-refractivity contribution in [2.45, 2.75) is 17.5 Å². The van der Waals surface area contributed by atoms with E-state index < -0.39 is 27.7 Å². The van der Waals surface area contributed by atoms with E-state index in [0.717, 1.165) is 17.7 Å². The van der Waals surface area contributed by atoms with Crippen molar-refractivity contribution in [1.82, 2.24) is 4.90 Å². The molecule has 0 aliphatic carbocycles. The van der Waals surface area contributed by atoms with Crippen LogP contribution in [0.3, 0.4) is 0 Å². The van der Waals surface area contributed by atoms with E-state index in [1.165, 1.54) is 35.7 Å². The monoisotopic (exact) mass is 545 g/mol. The Balaban J connectivity index is 1.35. The number of rotatable bonds is 5. The molecular formula is C27H26F3N3O4S. The van der Waals surface area contributed by atoms with E-state index >= 15 is 0 Å². The molecule has 0 saturated carbocycles. The van der Waals surface area contributed by atoms with Crippen LogP contribution in [0.15, 0.2) is 71.6 Å². The van der Waals surface area contributed by atoms with Gasteiger partial charge in [-0.1, -0.05) is 24.3 Å². The zero-order valence-electron chi connectivity index (χ0n) is 20.6. The van der Waals surface area contributed by atoms with Gasteiger partial charge in [0.05, 0.1) is 28.8 Å². The van der Waals surface area contributed by atoms with Crippen LogP contribution in [-0.2, 0) is 22.6 Å². The molecule has 1 amide bonds. The Hall–Kier alpha value is -3.73. The highest BCUT2D eigenvalue weighted by molar-refractivity contribution is 7.92. The van der Waals surface area contributed by atoms with E-state index in [-0.39, 0.29) is 29.3 Å². The van der Waals surface area contributed by atoms with Crippen molar-refractivity contribution in [3.63, 3.8) is 0 Å². The predicted molar refractivity (Wildman–Crippen MR) is 137 cm³/mol. The first-order valence-corrected chi connectivity index (χ1v) is 13.5. The number of halogens is 3. The number of hydrogen-bond acceptors (Lipinski definition) is 5. The molecule has 2 aliphatic rings. The Labute approximate surface area is 219 Å². The third kappa shape index (κ3) is 4.78. The summed E-state index contributed by atoms with van der Waals surface area (Å²) in [4.78, 5) is 16.8. The topological polar surface area (TPSA) is 70.2 Å². The Morgan fingerprint density at radius 1 is 0.895 bits per heavy atom. The Kier molecular flexibility index (Phi) is 6.72. The number of hydrogen-bond donors (Lipinski definition) is 0. The summed E-state index contributed by atoms with van der Waals surface area (Å²) in [5.41, 5.74) is 1.40. The van der Waals surface area contributed by atoms with Gasteiger partial charge in [-0.3, -0.25) is 9.10 Å². The van der Waals surface area contributed by atoms with E-state index in [1.54, 1.807) is 28.0 Å². The number of amides is 1. The maximum absolute atomic E-state index is 13.5. The first-order chi connectivity index (χ1) is 18.1. The molecule has 1 fully saturated rings. The SMILES string of the molecule is COc1ccc(S(=O)(=O)N2CCc3ccccc32)cc1C(=O)N1CCN(c2cccc(C(F)(F)F)c2)CC1. The Morgan fingerprint density at radius 2 is 1.63 bits per heavy atom. The molecule has 0 spiro atoms. The van der Waals surface area contributed by atoms with Crippen LogP contribution in [0.25, 0.3) is 0 Å². The molecule has 0 bridgehead atoms. The molecule has 2 aliphatic heterocycles. The second-order valence-corrected chi connectivity index (χ2v) is 11.0. The van der Waals surface area contributed by atoms with Crippen molar-refractivity contribution in [2.24, 2.45) is 0 Å². The van der Waals surface area contributed by atoms with Crippen LogP contribution >= 0.6 is 0 Å². The zero-order chi connectivity index (χ0) is 27.1. The minimum absolute atomic E-state index is 0.0130. The van der Waals surface area contributed by atoms with Crippen LogP contribution in [0.2, 0.25) is 0 Å². The molecule has 0 unspecified atom stereocenters. The first kappa shape index (κ1) is 25.9. The molecule has 3 aromatic carbocycles. The van der Waals surface area contributed by atoms with Crippen LogP contribution in [0.1, 0.15) is 21.5 Å². The number of anilines is 2. The summed E-state index contributed by atoms with van der Waals surface area (Å²) in [5.74, 6) is -0.152. The van der Waals surface area contributed by atoms with Crippen molar-refractivity contribution >= 4 is 27.3 Å². The maximum atomic E-state index is 13.5. The normalized spacial score (nSPS) is 15.9. The fourth-order valence-electron chi connectivity index (χ4n) is 4.92. The van der Waals surface area contributed by atoms with Gasteiger partial charge in [0.15, 0.2) is 0 Å². The van der Waals surface area contributed by atoms with Crippen LogP contribution in [-0.4, -0.2) is 59.1 Å². The van der Waals surface area contributed by atoms with Crippen molar-refractivity contribution < 1.29 is 31.1 Å². The lowest BCUT2D eigenvalue weighted by atomic mass is 10.1. The lowest BCUT2D eigenvalue weighted by molar-refractivity contribution is -0.137. The Morgan fingerprint density at radius 3 is 2.34 bits per heavy atom. The van der Waals surface area contributed by atoms with Gasteiger partial charge in [-0.15, -0.1) is 0 Å². The molecule has 200 valence electrons. The lowest BCUT2D eigenvalue weighted by Crippen LogP contribution is -2.49. The molecule has 11 heteroatoms. The number of ether oxygens (including phenoxy) is 1. The average Bonchev–Trinajstić information content (AvgIpc) is 3.37. The minimum Gasteiger partial charge on any atom is -0.496 e. The van der Waals surface area contributed by atoms with E-state index in [4.69, 9.17) is 4.74 Å². The highest BCUT2D eigenvalue weighted by Crippen LogP contribution is 2.35. The van der Waals surface area contributed by atoms with Gasteiger partial charge in [-0.05, 0) is 54.4 Å². The summed E-state index contributed by atoms with van der Waals surface area (Å²) < 4.78 is 73.1. The summed E-state index contributed by atoms with van der Waals surface area (Å²) in [7, 11) is -2.51. The van der Waals surface area contributed by atoms with Gasteiger partial charge in [0.25, 0.3) is 15.9 Å². The number of nitrogens with zero attached hydrogens (tertiary/aromatic N) is 3. The minimum atomic E-state index is -4.44. The smallest absolute Gasteiger partial charge is 0.416 e. The number of sulfonamides is 1. The fourth-order valence-corrected chi connectivity index (χ4v) is 6.45. The number of fused-ring (bicyclic) bond motifs is 1. The average molecular weight is 546 g/mol. The highest BCUT2D eigenvalue weighted by Gasteiger charge is 2.34. The molecule has 5 rings (SSSR count). The number of piperazine rings is 1. The number of alkyl halides is 3. The molecule has 0 atom stereocenters. The summed E-state index contributed by atoms with van der Waals surface area (Å²) in [6.45, 7) is 1.49. The number of benzene rings is 3. The largest absolute Gasteiger partial charge is 0.496 e. The summed E-state index contributed by atoms with van der Waals surface area (Å²) >= 11 is 0. The fraction of sp³-hybridized carbons (Fsp3) is 0.296. The molecular weight excluding hydrogens is 519 g/mol. The van der Waals surface area contributed by atoms with Crippen LogP contribution in [0.4, 0.5) is 24.5 Å². The number of para-hydroxylation sites is 1. The zero-order valence-corrected chi connectivity index (χ0v) is 21.4. The van der Waals surface area contributed by atoms with Crippen molar-refractivity contribution in [2.75, 3.05) is 49.0 Å². The van der Waals surface area contributed by atoms with E-state index in [1.807, 2.05) is 12.1 Å². The van der Waals surface area contributed by atoms with Crippen molar-refractivity contribution in [3.05, 3.63) is 83.4 Å². The highest BCUT2D eigenvalue weighted by atomic mass is 32.2. The predicted octanol–water partition coefficient (Wildman–Crippen LogP) is 4.43. The van der Waals surface area contributed by atoms with E-state index in [2.05, 4.69) is 0 Å². The second kappa shape index (κ2) is 9.86. The second-order valence-electron chi connectivity index (χ2n) is 9.15. The number of methoxy groups -OCH3 is 1. The first-order valence-electron chi connectivity index (χ1n) is 12.1. The molecule has 3 aromatic rings. The number of carbonyl (C=O) groups excluding carboxylic acids is 1. The molecule has 0 radical (unpaired) electrons.